The van der Waals surface area contributed by atoms with Gasteiger partial charge in [-0.3, -0.25) is 9.59 Å². The van der Waals surface area contributed by atoms with Crippen LogP contribution in [0.5, 0.6) is 0 Å². The number of carboxylic acids is 1. The lowest BCUT2D eigenvalue weighted by molar-refractivity contribution is -0.147. The van der Waals surface area contributed by atoms with Gasteiger partial charge in [0.1, 0.15) is 6.54 Å². The van der Waals surface area contributed by atoms with Gasteiger partial charge in [-0.1, -0.05) is 30.3 Å². The van der Waals surface area contributed by atoms with Gasteiger partial charge in [0, 0.05) is 6.54 Å². The minimum absolute atomic E-state index is 0.0189. The molecule has 1 aromatic rings. The molecule has 1 N–H and O–H groups in total. The van der Waals surface area contributed by atoms with Gasteiger partial charge in [0.15, 0.2) is 0 Å². The molecule has 112 valence electrons. The Kier molecular flexibility index (Phi) is 3.92. The van der Waals surface area contributed by atoms with Crippen LogP contribution in [0, 0.1) is 5.92 Å². The number of carbonyl (C=O) groups excluding carboxylic acids is 1. The molecule has 0 spiro atoms. The molecule has 2 bridgehead atoms. The van der Waals surface area contributed by atoms with E-state index in [9.17, 15) is 9.59 Å². The first-order valence-electron chi connectivity index (χ1n) is 7.33. The Labute approximate surface area is 123 Å². The van der Waals surface area contributed by atoms with Gasteiger partial charge < -0.3 is 14.7 Å². The van der Waals surface area contributed by atoms with Crippen LogP contribution in [0.25, 0.3) is 0 Å². The molecule has 2 heterocycles. The van der Waals surface area contributed by atoms with Crippen molar-refractivity contribution in [3.8, 4) is 0 Å². The smallest absolute Gasteiger partial charge is 0.323 e. The summed E-state index contributed by atoms with van der Waals surface area (Å²) in [7, 11) is 0. The monoisotopic (exact) mass is 289 g/mol. The second-order valence-corrected chi connectivity index (χ2v) is 5.79. The largest absolute Gasteiger partial charge is 0.480 e. The lowest BCUT2D eigenvalue weighted by Gasteiger charge is -2.27. The van der Waals surface area contributed by atoms with Crippen LogP contribution in [0.3, 0.4) is 0 Å². The Morgan fingerprint density at radius 1 is 1.24 bits per heavy atom. The molecule has 1 aromatic carbocycles. The topological polar surface area (TPSA) is 66.8 Å². The third-order valence-corrected chi connectivity index (χ3v) is 4.28. The quantitative estimate of drug-likeness (QED) is 0.895. The SMILES string of the molecule is O=C(O)CN(Cc1ccccc1)C(=O)C1CC2CCC1O2. The minimum Gasteiger partial charge on any atom is -0.480 e. The van der Waals surface area contributed by atoms with E-state index in [4.69, 9.17) is 9.84 Å². The van der Waals surface area contributed by atoms with Gasteiger partial charge in [-0.2, -0.15) is 0 Å². The summed E-state index contributed by atoms with van der Waals surface area (Å²) in [6.07, 6.45) is 2.83. The van der Waals surface area contributed by atoms with Crippen molar-refractivity contribution in [2.24, 2.45) is 5.92 Å². The highest BCUT2D eigenvalue weighted by Gasteiger charge is 2.45. The van der Waals surface area contributed by atoms with Gasteiger partial charge in [0.25, 0.3) is 0 Å². The van der Waals surface area contributed by atoms with E-state index in [1.54, 1.807) is 0 Å². The second-order valence-electron chi connectivity index (χ2n) is 5.79. The molecular weight excluding hydrogens is 270 g/mol. The number of benzene rings is 1. The number of carboxylic acid groups (broad SMARTS) is 1. The molecule has 0 aromatic heterocycles. The molecule has 3 atom stereocenters. The van der Waals surface area contributed by atoms with Crippen molar-refractivity contribution >= 4 is 11.9 Å². The summed E-state index contributed by atoms with van der Waals surface area (Å²) in [4.78, 5) is 25.1. The van der Waals surface area contributed by atoms with Gasteiger partial charge in [-0.15, -0.1) is 0 Å². The van der Waals surface area contributed by atoms with Crippen LogP contribution >= 0.6 is 0 Å². The first-order valence-corrected chi connectivity index (χ1v) is 7.33. The summed E-state index contributed by atoms with van der Waals surface area (Å²) in [5.74, 6) is -1.25. The molecule has 0 radical (unpaired) electrons. The summed E-state index contributed by atoms with van der Waals surface area (Å²) in [6, 6.07) is 9.48. The van der Waals surface area contributed by atoms with Crippen LogP contribution in [0.1, 0.15) is 24.8 Å². The Hall–Kier alpha value is -1.88. The molecule has 0 aliphatic carbocycles. The highest BCUT2D eigenvalue weighted by atomic mass is 16.5. The summed E-state index contributed by atoms with van der Waals surface area (Å²) in [6.45, 7) is 0.0709. The van der Waals surface area contributed by atoms with E-state index in [1.165, 1.54) is 4.90 Å². The number of hydrogen-bond donors (Lipinski definition) is 1. The first-order chi connectivity index (χ1) is 10.1. The molecular formula is C16H19NO4. The molecule has 2 aliphatic rings. The zero-order valence-electron chi connectivity index (χ0n) is 11.8. The Balaban J connectivity index is 1.72. The lowest BCUT2D eigenvalue weighted by Crippen LogP contribution is -2.42. The van der Waals surface area contributed by atoms with Gasteiger partial charge >= 0.3 is 5.97 Å². The van der Waals surface area contributed by atoms with Crippen molar-refractivity contribution in [2.75, 3.05) is 6.54 Å². The maximum absolute atomic E-state index is 12.7. The van der Waals surface area contributed by atoms with E-state index in [0.717, 1.165) is 24.8 Å². The molecule has 2 saturated heterocycles. The molecule has 1 amide bonds. The average Bonchev–Trinajstić information content (AvgIpc) is 3.09. The van der Waals surface area contributed by atoms with Crippen LogP contribution in [0.4, 0.5) is 0 Å². The summed E-state index contributed by atoms with van der Waals surface area (Å²) in [5.41, 5.74) is 0.941. The van der Waals surface area contributed by atoms with Crippen LogP contribution in [-0.4, -0.2) is 40.6 Å². The maximum atomic E-state index is 12.7. The van der Waals surface area contributed by atoms with E-state index < -0.39 is 5.97 Å². The predicted molar refractivity (Wildman–Crippen MR) is 75.5 cm³/mol. The normalized spacial score (nSPS) is 26.8. The van der Waals surface area contributed by atoms with Crippen LogP contribution in [0.2, 0.25) is 0 Å². The van der Waals surface area contributed by atoms with Crippen molar-refractivity contribution in [3.63, 3.8) is 0 Å². The van der Waals surface area contributed by atoms with Crippen molar-refractivity contribution in [3.05, 3.63) is 35.9 Å². The van der Waals surface area contributed by atoms with Gasteiger partial charge in [0.2, 0.25) is 5.91 Å². The zero-order chi connectivity index (χ0) is 14.8. The van der Waals surface area contributed by atoms with Crippen molar-refractivity contribution in [1.29, 1.82) is 0 Å². The minimum atomic E-state index is -0.983. The number of rotatable bonds is 5. The van der Waals surface area contributed by atoms with E-state index in [2.05, 4.69) is 0 Å². The Morgan fingerprint density at radius 2 is 2.00 bits per heavy atom. The fourth-order valence-corrected chi connectivity index (χ4v) is 3.31. The number of aliphatic carboxylic acids is 1. The van der Waals surface area contributed by atoms with Crippen molar-refractivity contribution < 1.29 is 19.4 Å². The van der Waals surface area contributed by atoms with E-state index in [-0.39, 0.29) is 30.6 Å². The van der Waals surface area contributed by atoms with E-state index in [0.29, 0.717) is 6.54 Å². The Bertz CT molecular complexity index is 530. The number of hydrogen-bond acceptors (Lipinski definition) is 3. The third-order valence-electron chi connectivity index (χ3n) is 4.28. The number of amides is 1. The molecule has 21 heavy (non-hydrogen) atoms. The molecule has 5 heteroatoms. The second kappa shape index (κ2) is 5.85. The average molecular weight is 289 g/mol. The van der Waals surface area contributed by atoms with E-state index in [1.807, 2.05) is 30.3 Å². The third kappa shape index (κ3) is 3.08. The summed E-state index contributed by atoms with van der Waals surface area (Å²) < 4.78 is 5.72. The van der Waals surface area contributed by atoms with Gasteiger partial charge in [-0.25, -0.2) is 0 Å². The van der Waals surface area contributed by atoms with Crippen LogP contribution < -0.4 is 0 Å². The van der Waals surface area contributed by atoms with Crippen LogP contribution in [-0.2, 0) is 20.9 Å². The Morgan fingerprint density at radius 3 is 2.57 bits per heavy atom. The predicted octanol–water partition coefficient (Wildman–Crippen LogP) is 1.67. The van der Waals surface area contributed by atoms with Crippen molar-refractivity contribution in [2.45, 2.75) is 38.0 Å². The molecule has 0 saturated carbocycles. The lowest BCUT2D eigenvalue weighted by atomic mass is 9.88. The molecule has 3 unspecified atom stereocenters. The standard InChI is InChI=1S/C16H19NO4/c18-15(19)10-17(9-11-4-2-1-3-5-11)16(20)13-8-12-6-7-14(13)21-12/h1-5,12-14H,6-10H2,(H,18,19). The van der Waals surface area contributed by atoms with E-state index >= 15 is 0 Å². The fraction of sp³-hybridized carbons (Fsp3) is 0.500. The summed E-state index contributed by atoms with van der Waals surface area (Å²) in [5, 5.41) is 9.06. The van der Waals surface area contributed by atoms with Crippen LogP contribution in [0.15, 0.2) is 30.3 Å². The van der Waals surface area contributed by atoms with Gasteiger partial charge in [-0.05, 0) is 24.8 Å². The number of carbonyl (C=O) groups is 2. The number of nitrogens with zero attached hydrogens (tertiary/aromatic N) is 1. The molecule has 5 nitrogen and oxygen atoms in total. The number of fused-ring (bicyclic) bond motifs is 2. The zero-order valence-corrected chi connectivity index (χ0v) is 11.8. The van der Waals surface area contributed by atoms with Crippen molar-refractivity contribution in [1.82, 2.24) is 4.90 Å². The highest BCUT2D eigenvalue weighted by Crippen LogP contribution is 2.39. The fourth-order valence-electron chi connectivity index (χ4n) is 3.31. The summed E-state index contributed by atoms with van der Waals surface area (Å²) >= 11 is 0. The molecule has 3 rings (SSSR count). The maximum Gasteiger partial charge on any atom is 0.323 e. The highest BCUT2D eigenvalue weighted by molar-refractivity contribution is 5.84. The number of ether oxygens (including phenoxy) is 1. The molecule has 2 aliphatic heterocycles. The molecule has 2 fully saturated rings. The van der Waals surface area contributed by atoms with Gasteiger partial charge in [0.05, 0.1) is 18.1 Å². The first kappa shape index (κ1) is 14.1.